The Bertz CT molecular complexity index is 215. The van der Waals surface area contributed by atoms with Crippen LogP contribution in [0.25, 0.3) is 0 Å². The first kappa shape index (κ1) is 13.8. The third kappa shape index (κ3) is 2.90. The summed E-state index contributed by atoms with van der Waals surface area (Å²) in [7, 11) is 0. The van der Waals surface area contributed by atoms with E-state index in [1.807, 2.05) is 20.8 Å². The lowest BCUT2D eigenvalue weighted by Gasteiger charge is -2.44. The van der Waals surface area contributed by atoms with E-state index in [-0.39, 0.29) is 24.7 Å². The standard InChI is InChI=1S/C12H22F3N/c1-4-5-16-11(12(13,14)15)7-9(2)6-10(3)8-11/h9-10,16H,4-8H2,1-3H3. The van der Waals surface area contributed by atoms with Gasteiger partial charge in [0, 0.05) is 0 Å². The van der Waals surface area contributed by atoms with Crippen molar-refractivity contribution in [1.29, 1.82) is 0 Å². The maximum absolute atomic E-state index is 13.2. The fourth-order valence-electron chi connectivity index (χ4n) is 2.97. The van der Waals surface area contributed by atoms with E-state index < -0.39 is 11.7 Å². The molecule has 1 aliphatic carbocycles. The van der Waals surface area contributed by atoms with Crippen LogP contribution in [0, 0.1) is 11.8 Å². The molecular formula is C12H22F3N. The van der Waals surface area contributed by atoms with Crippen molar-refractivity contribution in [2.75, 3.05) is 6.54 Å². The van der Waals surface area contributed by atoms with Gasteiger partial charge in [-0.25, -0.2) is 0 Å². The Kier molecular flexibility index (Phi) is 4.27. The Morgan fingerprint density at radius 1 is 1.19 bits per heavy atom. The highest BCUT2D eigenvalue weighted by Crippen LogP contribution is 2.45. The molecule has 2 atom stereocenters. The molecule has 0 heterocycles. The molecule has 1 fully saturated rings. The summed E-state index contributed by atoms with van der Waals surface area (Å²) in [5.41, 5.74) is -1.64. The summed E-state index contributed by atoms with van der Waals surface area (Å²) in [5, 5.41) is 2.76. The molecule has 4 heteroatoms. The van der Waals surface area contributed by atoms with E-state index in [9.17, 15) is 13.2 Å². The van der Waals surface area contributed by atoms with Crippen molar-refractivity contribution < 1.29 is 13.2 Å². The number of rotatable bonds is 3. The second-order valence-corrected chi connectivity index (χ2v) is 5.36. The smallest absolute Gasteiger partial charge is 0.304 e. The highest BCUT2D eigenvalue weighted by Gasteiger charge is 2.56. The maximum atomic E-state index is 13.2. The third-order valence-electron chi connectivity index (χ3n) is 3.45. The Morgan fingerprint density at radius 2 is 1.69 bits per heavy atom. The van der Waals surface area contributed by atoms with Crippen LogP contribution in [0.4, 0.5) is 13.2 Å². The zero-order valence-electron chi connectivity index (χ0n) is 10.3. The van der Waals surface area contributed by atoms with Crippen LogP contribution in [-0.2, 0) is 0 Å². The number of halogens is 3. The van der Waals surface area contributed by atoms with Crippen molar-refractivity contribution in [1.82, 2.24) is 5.32 Å². The van der Waals surface area contributed by atoms with Gasteiger partial charge in [0.05, 0.1) is 0 Å². The first-order valence-electron chi connectivity index (χ1n) is 6.12. The van der Waals surface area contributed by atoms with Gasteiger partial charge in [-0.15, -0.1) is 0 Å². The summed E-state index contributed by atoms with van der Waals surface area (Å²) >= 11 is 0. The molecule has 1 aliphatic rings. The largest absolute Gasteiger partial charge is 0.406 e. The van der Waals surface area contributed by atoms with Crippen LogP contribution >= 0.6 is 0 Å². The average molecular weight is 237 g/mol. The van der Waals surface area contributed by atoms with E-state index in [1.54, 1.807) is 0 Å². The molecule has 2 unspecified atom stereocenters. The van der Waals surface area contributed by atoms with Crippen LogP contribution in [0.2, 0.25) is 0 Å². The zero-order valence-corrected chi connectivity index (χ0v) is 10.3. The van der Waals surface area contributed by atoms with Gasteiger partial charge in [-0.3, -0.25) is 0 Å². The second kappa shape index (κ2) is 4.94. The van der Waals surface area contributed by atoms with Gasteiger partial charge in [0.2, 0.25) is 0 Å². The summed E-state index contributed by atoms with van der Waals surface area (Å²) in [4.78, 5) is 0. The minimum absolute atomic E-state index is 0.148. The van der Waals surface area contributed by atoms with Gasteiger partial charge in [-0.2, -0.15) is 13.2 Å². The first-order valence-corrected chi connectivity index (χ1v) is 6.12. The minimum Gasteiger partial charge on any atom is -0.304 e. The normalized spacial score (nSPS) is 36.4. The van der Waals surface area contributed by atoms with Crippen molar-refractivity contribution in [3.63, 3.8) is 0 Å². The molecule has 1 nitrogen and oxygen atoms in total. The zero-order chi connectivity index (χ0) is 12.4. The molecule has 0 aliphatic heterocycles. The highest BCUT2D eigenvalue weighted by atomic mass is 19.4. The summed E-state index contributed by atoms with van der Waals surface area (Å²) in [6.07, 6.45) is -2.04. The molecule has 0 saturated heterocycles. The monoisotopic (exact) mass is 237 g/mol. The molecule has 0 aromatic rings. The highest BCUT2D eigenvalue weighted by molar-refractivity contribution is 5.00. The van der Waals surface area contributed by atoms with E-state index in [2.05, 4.69) is 5.32 Å². The Hall–Kier alpha value is -0.250. The van der Waals surface area contributed by atoms with E-state index in [0.717, 1.165) is 12.8 Å². The summed E-state index contributed by atoms with van der Waals surface area (Å²) in [5.74, 6) is 0.296. The van der Waals surface area contributed by atoms with Crippen LogP contribution in [0.5, 0.6) is 0 Å². The summed E-state index contributed by atoms with van der Waals surface area (Å²) in [6, 6.07) is 0. The van der Waals surface area contributed by atoms with Gasteiger partial charge in [0.1, 0.15) is 5.54 Å². The van der Waals surface area contributed by atoms with Gasteiger partial charge in [0.15, 0.2) is 0 Å². The predicted octanol–water partition coefficient (Wildman–Crippen LogP) is 3.74. The average Bonchev–Trinajstić information content (AvgIpc) is 2.11. The number of hydrogen-bond acceptors (Lipinski definition) is 1. The Labute approximate surface area is 95.8 Å². The van der Waals surface area contributed by atoms with Gasteiger partial charge in [-0.1, -0.05) is 20.8 Å². The molecule has 0 radical (unpaired) electrons. The van der Waals surface area contributed by atoms with Crippen molar-refractivity contribution in [3.8, 4) is 0 Å². The molecular weight excluding hydrogens is 215 g/mol. The van der Waals surface area contributed by atoms with Crippen LogP contribution in [0.1, 0.15) is 46.5 Å². The molecule has 0 amide bonds. The molecule has 1 rings (SSSR count). The molecule has 16 heavy (non-hydrogen) atoms. The van der Waals surface area contributed by atoms with Crippen LogP contribution in [0.3, 0.4) is 0 Å². The number of hydrogen-bond donors (Lipinski definition) is 1. The molecule has 0 aromatic heterocycles. The minimum atomic E-state index is -4.13. The van der Waals surface area contributed by atoms with Crippen molar-refractivity contribution in [3.05, 3.63) is 0 Å². The molecule has 0 bridgehead atoms. The fourth-order valence-corrected chi connectivity index (χ4v) is 2.97. The van der Waals surface area contributed by atoms with Gasteiger partial charge < -0.3 is 5.32 Å². The van der Waals surface area contributed by atoms with Crippen LogP contribution < -0.4 is 5.32 Å². The van der Waals surface area contributed by atoms with Gasteiger partial charge in [-0.05, 0) is 44.1 Å². The Morgan fingerprint density at radius 3 is 2.06 bits per heavy atom. The fraction of sp³-hybridized carbons (Fsp3) is 1.00. The van der Waals surface area contributed by atoms with Gasteiger partial charge >= 0.3 is 6.18 Å². The number of nitrogens with one attached hydrogen (secondary N) is 1. The van der Waals surface area contributed by atoms with Crippen molar-refractivity contribution in [2.45, 2.75) is 58.2 Å². The molecule has 1 N–H and O–H groups in total. The molecule has 96 valence electrons. The lowest BCUT2D eigenvalue weighted by Crippen LogP contribution is -2.60. The molecule has 1 saturated carbocycles. The summed E-state index contributed by atoms with van der Waals surface area (Å²) < 4.78 is 39.6. The first-order chi connectivity index (χ1) is 7.31. The SMILES string of the molecule is CCCNC1(C(F)(F)F)CC(C)CC(C)C1. The van der Waals surface area contributed by atoms with Crippen LogP contribution in [0.15, 0.2) is 0 Å². The predicted molar refractivity (Wildman–Crippen MR) is 59.3 cm³/mol. The lowest BCUT2D eigenvalue weighted by atomic mass is 9.71. The summed E-state index contributed by atoms with van der Waals surface area (Å²) in [6.45, 7) is 6.18. The van der Waals surface area contributed by atoms with Gasteiger partial charge in [0.25, 0.3) is 0 Å². The Balaban J connectivity index is 2.85. The number of alkyl halides is 3. The molecule has 0 aromatic carbocycles. The third-order valence-corrected chi connectivity index (χ3v) is 3.45. The van der Waals surface area contributed by atoms with E-state index in [1.165, 1.54) is 0 Å². The maximum Gasteiger partial charge on any atom is 0.406 e. The van der Waals surface area contributed by atoms with Crippen molar-refractivity contribution >= 4 is 0 Å². The quantitative estimate of drug-likeness (QED) is 0.788. The van der Waals surface area contributed by atoms with E-state index in [4.69, 9.17) is 0 Å². The van der Waals surface area contributed by atoms with E-state index in [0.29, 0.717) is 6.54 Å². The second-order valence-electron chi connectivity index (χ2n) is 5.36. The van der Waals surface area contributed by atoms with E-state index >= 15 is 0 Å². The topological polar surface area (TPSA) is 12.0 Å². The molecule has 0 spiro atoms. The lowest BCUT2D eigenvalue weighted by molar-refractivity contribution is -0.213. The van der Waals surface area contributed by atoms with Crippen LogP contribution in [-0.4, -0.2) is 18.3 Å². The van der Waals surface area contributed by atoms with Crippen molar-refractivity contribution in [2.24, 2.45) is 11.8 Å².